The van der Waals surface area contributed by atoms with Crippen molar-refractivity contribution in [2.24, 2.45) is 5.92 Å². The summed E-state index contributed by atoms with van der Waals surface area (Å²) in [5.74, 6) is 0.635. The van der Waals surface area contributed by atoms with Gasteiger partial charge in [0, 0.05) is 31.5 Å². The summed E-state index contributed by atoms with van der Waals surface area (Å²) in [4.78, 5) is 15.3. The van der Waals surface area contributed by atoms with Crippen molar-refractivity contribution >= 4 is 5.91 Å². The van der Waals surface area contributed by atoms with Crippen LogP contribution in [0.3, 0.4) is 0 Å². The number of hydrogen-bond donors (Lipinski definition) is 0. The van der Waals surface area contributed by atoms with E-state index in [1.54, 1.807) is 0 Å². The van der Waals surface area contributed by atoms with Crippen LogP contribution in [0.25, 0.3) is 0 Å². The van der Waals surface area contributed by atoms with Gasteiger partial charge in [-0.15, -0.1) is 0 Å². The number of ether oxygens (including phenoxy) is 2. The Morgan fingerprint density at radius 1 is 1.21 bits per heavy atom. The summed E-state index contributed by atoms with van der Waals surface area (Å²) in [6, 6.07) is 0.346. The standard InChI is InChI=1S/C18H27N3O3/c1-13-11-21(15-5-8-23-9-6-15)19-16(13)17(22)20-7-10-24-12-18(20,2)14-3-4-14/h11,14-15H,3-10,12H2,1-2H3. The van der Waals surface area contributed by atoms with Gasteiger partial charge in [0.05, 0.1) is 24.8 Å². The first-order chi connectivity index (χ1) is 11.6. The number of aryl methyl sites for hydroxylation is 1. The van der Waals surface area contributed by atoms with E-state index in [0.29, 0.717) is 37.4 Å². The van der Waals surface area contributed by atoms with Gasteiger partial charge in [0.25, 0.3) is 5.91 Å². The van der Waals surface area contributed by atoms with Crippen LogP contribution in [-0.2, 0) is 9.47 Å². The maximum Gasteiger partial charge on any atom is 0.275 e. The second-order valence-corrected chi connectivity index (χ2v) is 7.63. The van der Waals surface area contributed by atoms with E-state index in [1.807, 2.05) is 22.7 Å². The monoisotopic (exact) mass is 333 g/mol. The van der Waals surface area contributed by atoms with Gasteiger partial charge in [-0.05, 0) is 45.4 Å². The summed E-state index contributed by atoms with van der Waals surface area (Å²) >= 11 is 0. The molecule has 6 nitrogen and oxygen atoms in total. The predicted molar refractivity (Wildman–Crippen MR) is 89.0 cm³/mol. The molecule has 1 aromatic rings. The highest BCUT2D eigenvalue weighted by molar-refractivity contribution is 5.94. The molecule has 2 aliphatic heterocycles. The minimum Gasteiger partial charge on any atom is -0.381 e. The van der Waals surface area contributed by atoms with Gasteiger partial charge in [-0.1, -0.05) is 0 Å². The van der Waals surface area contributed by atoms with Crippen LogP contribution in [-0.4, -0.2) is 59.1 Å². The Kier molecular flexibility index (Phi) is 4.12. The number of aromatic nitrogens is 2. The third kappa shape index (κ3) is 2.75. The van der Waals surface area contributed by atoms with Gasteiger partial charge in [-0.3, -0.25) is 9.48 Å². The summed E-state index contributed by atoms with van der Waals surface area (Å²) in [7, 11) is 0. The molecule has 1 amide bonds. The van der Waals surface area contributed by atoms with Crippen LogP contribution in [0.2, 0.25) is 0 Å². The minimum atomic E-state index is -0.176. The maximum absolute atomic E-state index is 13.2. The Bertz CT molecular complexity index is 619. The first kappa shape index (κ1) is 16.1. The van der Waals surface area contributed by atoms with Crippen molar-refractivity contribution in [1.29, 1.82) is 0 Å². The van der Waals surface area contributed by atoms with Crippen molar-refractivity contribution < 1.29 is 14.3 Å². The molecule has 3 fully saturated rings. The normalized spacial score (nSPS) is 29.0. The van der Waals surface area contributed by atoms with Gasteiger partial charge >= 0.3 is 0 Å². The lowest BCUT2D eigenvalue weighted by atomic mass is 9.92. The summed E-state index contributed by atoms with van der Waals surface area (Å²) in [6.45, 7) is 7.63. The van der Waals surface area contributed by atoms with Crippen LogP contribution in [0.1, 0.15) is 54.7 Å². The number of nitrogens with zero attached hydrogens (tertiary/aromatic N) is 3. The Morgan fingerprint density at radius 3 is 2.67 bits per heavy atom. The van der Waals surface area contributed by atoms with Crippen LogP contribution in [0.15, 0.2) is 6.20 Å². The molecule has 0 aromatic carbocycles. The maximum atomic E-state index is 13.2. The van der Waals surface area contributed by atoms with Gasteiger partial charge in [0.15, 0.2) is 5.69 Å². The number of hydrogen-bond acceptors (Lipinski definition) is 4. The van der Waals surface area contributed by atoms with Crippen LogP contribution < -0.4 is 0 Å². The summed E-state index contributed by atoms with van der Waals surface area (Å²) in [5, 5.41) is 4.68. The van der Waals surface area contributed by atoms with Gasteiger partial charge in [0.1, 0.15) is 0 Å². The molecule has 0 bridgehead atoms. The van der Waals surface area contributed by atoms with Crippen LogP contribution in [0, 0.1) is 12.8 Å². The quantitative estimate of drug-likeness (QED) is 0.851. The summed E-state index contributed by atoms with van der Waals surface area (Å²) < 4.78 is 13.1. The Labute approximate surface area is 143 Å². The topological polar surface area (TPSA) is 56.6 Å². The molecule has 24 heavy (non-hydrogen) atoms. The lowest BCUT2D eigenvalue weighted by Gasteiger charge is -2.44. The Morgan fingerprint density at radius 2 is 1.96 bits per heavy atom. The predicted octanol–water partition coefficient (Wildman–Crippen LogP) is 2.18. The Balaban J connectivity index is 1.58. The number of rotatable bonds is 3. The molecule has 3 aliphatic rings. The first-order valence-electron chi connectivity index (χ1n) is 9.13. The molecule has 0 spiro atoms. The van der Waals surface area contributed by atoms with Crippen LogP contribution in [0.5, 0.6) is 0 Å². The second-order valence-electron chi connectivity index (χ2n) is 7.63. The lowest BCUT2D eigenvalue weighted by molar-refractivity contribution is -0.0550. The van der Waals surface area contributed by atoms with E-state index in [1.165, 1.54) is 12.8 Å². The molecule has 0 N–H and O–H groups in total. The van der Waals surface area contributed by atoms with E-state index >= 15 is 0 Å². The molecule has 1 aliphatic carbocycles. The molecule has 1 saturated carbocycles. The van der Waals surface area contributed by atoms with E-state index < -0.39 is 0 Å². The second kappa shape index (κ2) is 6.15. The summed E-state index contributed by atoms with van der Waals surface area (Å²) in [5.41, 5.74) is 1.40. The highest BCUT2D eigenvalue weighted by atomic mass is 16.5. The van der Waals surface area contributed by atoms with Crippen molar-refractivity contribution in [3.05, 3.63) is 17.5 Å². The number of amides is 1. The molecule has 1 aromatic heterocycles. The Hall–Kier alpha value is -1.40. The van der Waals surface area contributed by atoms with Crippen molar-refractivity contribution in [2.75, 3.05) is 33.0 Å². The third-order valence-electron chi connectivity index (χ3n) is 5.85. The van der Waals surface area contributed by atoms with Crippen molar-refractivity contribution in [2.45, 2.75) is 51.1 Å². The fourth-order valence-corrected chi connectivity index (χ4v) is 4.10. The van der Waals surface area contributed by atoms with Crippen LogP contribution in [0.4, 0.5) is 0 Å². The SMILES string of the molecule is Cc1cn(C2CCOCC2)nc1C(=O)N1CCOCC1(C)C1CC1. The average molecular weight is 333 g/mol. The molecule has 6 heteroatoms. The molecule has 3 heterocycles. The number of carbonyl (C=O) groups is 1. The average Bonchev–Trinajstić information content (AvgIpc) is 3.39. The van der Waals surface area contributed by atoms with E-state index in [9.17, 15) is 4.79 Å². The molecular formula is C18H27N3O3. The van der Waals surface area contributed by atoms with E-state index in [4.69, 9.17) is 9.47 Å². The largest absolute Gasteiger partial charge is 0.381 e. The zero-order valence-corrected chi connectivity index (χ0v) is 14.7. The molecule has 4 rings (SSSR count). The molecular weight excluding hydrogens is 306 g/mol. The van der Waals surface area contributed by atoms with E-state index in [0.717, 1.165) is 31.6 Å². The molecule has 1 unspecified atom stereocenters. The van der Waals surface area contributed by atoms with Crippen molar-refractivity contribution in [3.63, 3.8) is 0 Å². The summed E-state index contributed by atoms with van der Waals surface area (Å²) in [6.07, 6.45) is 6.34. The zero-order chi connectivity index (χ0) is 16.7. The van der Waals surface area contributed by atoms with Crippen molar-refractivity contribution in [1.82, 2.24) is 14.7 Å². The smallest absolute Gasteiger partial charge is 0.275 e. The molecule has 1 atom stereocenters. The fourth-order valence-electron chi connectivity index (χ4n) is 4.10. The number of carbonyl (C=O) groups excluding carboxylic acids is 1. The van der Waals surface area contributed by atoms with Gasteiger partial charge in [0.2, 0.25) is 0 Å². The highest BCUT2D eigenvalue weighted by Gasteiger charge is 2.49. The zero-order valence-electron chi connectivity index (χ0n) is 14.7. The first-order valence-corrected chi connectivity index (χ1v) is 9.13. The fraction of sp³-hybridized carbons (Fsp3) is 0.778. The van der Waals surface area contributed by atoms with Crippen molar-refractivity contribution in [3.8, 4) is 0 Å². The lowest BCUT2D eigenvalue weighted by Crippen LogP contribution is -2.58. The number of morpholine rings is 1. The minimum absolute atomic E-state index is 0.0657. The van der Waals surface area contributed by atoms with Crippen LogP contribution >= 0.6 is 0 Å². The molecule has 0 radical (unpaired) electrons. The molecule has 2 saturated heterocycles. The van der Waals surface area contributed by atoms with E-state index in [2.05, 4.69) is 12.0 Å². The van der Waals surface area contributed by atoms with Gasteiger partial charge in [-0.2, -0.15) is 5.10 Å². The third-order valence-corrected chi connectivity index (χ3v) is 5.85. The van der Waals surface area contributed by atoms with Gasteiger partial charge < -0.3 is 14.4 Å². The van der Waals surface area contributed by atoms with E-state index in [-0.39, 0.29) is 11.4 Å². The molecule has 132 valence electrons. The van der Waals surface area contributed by atoms with Gasteiger partial charge in [-0.25, -0.2) is 0 Å². The highest BCUT2D eigenvalue weighted by Crippen LogP contribution is 2.44.